The van der Waals surface area contributed by atoms with E-state index in [2.05, 4.69) is 25.8 Å². The highest BCUT2D eigenvalue weighted by Crippen LogP contribution is 2.42. The van der Waals surface area contributed by atoms with Gasteiger partial charge in [-0.15, -0.1) is 53.0 Å². The molecule has 0 radical (unpaired) electrons. The van der Waals surface area contributed by atoms with Crippen LogP contribution in [0.4, 0.5) is 5.13 Å². The molecule has 2 aromatic heterocycles. The SMILES string of the molecule is CC(C)CC(=O)OC(OC(=O)C1=C(CSc2nnnn2CCN(C)C)CS[C@H]2[C@H](NC(=O)Cc3csc(N)n3)C(=O)N12)C1CCCCC1.Cl.Cl. The minimum absolute atomic E-state index is 0. The number of ether oxygens (including phenoxy) is 2. The van der Waals surface area contributed by atoms with Crippen molar-refractivity contribution >= 4 is 88.6 Å². The maximum Gasteiger partial charge on any atom is 0.358 e. The molecule has 3 aliphatic rings. The molecule has 1 unspecified atom stereocenters. The van der Waals surface area contributed by atoms with Crippen LogP contribution in [0.25, 0.3) is 0 Å². The van der Waals surface area contributed by atoms with Crippen LogP contribution in [0.2, 0.25) is 0 Å². The van der Waals surface area contributed by atoms with E-state index in [1.54, 1.807) is 10.1 Å². The average Bonchev–Trinajstić information content (AvgIpc) is 3.68. The molecule has 50 heavy (non-hydrogen) atoms. The number of hydrogen-bond acceptors (Lipinski definition) is 15. The first kappa shape index (κ1) is 41.8. The van der Waals surface area contributed by atoms with Crippen molar-refractivity contribution in [3.63, 3.8) is 0 Å². The Bertz CT molecular complexity index is 1520. The number of anilines is 1. The van der Waals surface area contributed by atoms with Gasteiger partial charge < -0.3 is 25.4 Å². The van der Waals surface area contributed by atoms with Crippen molar-refractivity contribution in [1.29, 1.82) is 0 Å². The molecule has 2 amide bonds. The molecule has 2 aromatic rings. The summed E-state index contributed by atoms with van der Waals surface area (Å²) in [7, 11) is 3.93. The zero-order chi connectivity index (χ0) is 34.4. The number of carbonyl (C=O) groups is 4. The highest BCUT2D eigenvalue weighted by Gasteiger charge is 2.54. The summed E-state index contributed by atoms with van der Waals surface area (Å²) in [5, 5.41) is 17.0. The standard InChI is InChI=1S/C30H43N9O6S3.2ClH/c1-17(2)12-22(41)44-28(18-8-6-5-7-9-18)45-27(43)24-19(15-48-30-34-35-36-38(30)11-10-37(3)4)14-46-26-23(25(42)39(24)26)33-21(40)13-20-16-47-29(31)32-20;;/h16-18,23,26,28H,5-15H2,1-4H3,(H2,31,32)(H,33,40);2*1H/t23-,26+,28?;;/m1../s1. The van der Waals surface area contributed by atoms with Gasteiger partial charge in [0.2, 0.25) is 11.1 Å². The van der Waals surface area contributed by atoms with Gasteiger partial charge in [-0.1, -0.05) is 44.9 Å². The molecule has 1 aliphatic carbocycles. The number of amides is 2. The first-order chi connectivity index (χ1) is 23.0. The Kier molecular flexibility index (Phi) is 16.1. The van der Waals surface area contributed by atoms with Crippen LogP contribution in [-0.2, 0) is 41.6 Å². The summed E-state index contributed by atoms with van der Waals surface area (Å²) >= 11 is 4.05. The number of aromatic nitrogens is 5. The number of tetrazole rings is 1. The third kappa shape index (κ3) is 10.7. The molecule has 3 N–H and O–H groups in total. The van der Waals surface area contributed by atoms with Gasteiger partial charge >= 0.3 is 11.9 Å². The van der Waals surface area contributed by atoms with Gasteiger partial charge in [-0.25, -0.2) is 14.5 Å². The maximum atomic E-state index is 14.1. The molecule has 0 spiro atoms. The molecule has 4 heterocycles. The van der Waals surface area contributed by atoms with Crippen molar-refractivity contribution in [2.75, 3.05) is 37.9 Å². The molecule has 0 bridgehead atoms. The number of nitrogens with two attached hydrogens (primary N) is 1. The topological polar surface area (TPSA) is 188 Å². The minimum Gasteiger partial charge on any atom is -0.425 e. The van der Waals surface area contributed by atoms with Crippen LogP contribution < -0.4 is 11.1 Å². The first-order valence-electron chi connectivity index (χ1n) is 16.1. The van der Waals surface area contributed by atoms with Crippen LogP contribution in [-0.4, -0.2) is 109 Å². The summed E-state index contributed by atoms with van der Waals surface area (Å²) in [4.78, 5) is 61.0. The third-order valence-corrected chi connectivity index (χ3v) is 11.3. The van der Waals surface area contributed by atoms with Crippen molar-refractivity contribution in [1.82, 2.24) is 40.3 Å². The van der Waals surface area contributed by atoms with Gasteiger partial charge in [-0.05, 0) is 48.9 Å². The lowest BCUT2D eigenvalue weighted by Gasteiger charge is -2.50. The summed E-state index contributed by atoms with van der Waals surface area (Å²) in [5.74, 6) is -1.28. The highest BCUT2D eigenvalue weighted by molar-refractivity contribution is 8.01. The van der Waals surface area contributed by atoms with Gasteiger partial charge in [-0.3, -0.25) is 19.3 Å². The van der Waals surface area contributed by atoms with Gasteiger partial charge in [0.1, 0.15) is 17.1 Å². The molecule has 2 fully saturated rings. The van der Waals surface area contributed by atoms with E-state index in [0.717, 1.165) is 38.6 Å². The average molecular weight is 795 g/mol. The Morgan fingerprint density at radius 2 is 1.90 bits per heavy atom. The number of thiazole rings is 1. The molecule has 0 aromatic carbocycles. The summed E-state index contributed by atoms with van der Waals surface area (Å²) in [6.07, 6.45) is 3.63. The van der Waals surface area contributed by atoms with E-state index in [1.807, 2.05) is 32.8 Å². The summed E-state index contributed by atoms with van der Waals surface area (Å²) in [5.41, 5.74) is 7.00. The Morgan fingerprint density at radius 1 is 1.16 bits per heavy atom. The number of fused-ring (bicyclic) bond motifs is 1. The fraction of sp³-hybridized carbons (Fsp3) is 0.667. The third-order valence-electron chi connectivity index (χ3n) is 8.18. The smallest absolute Gasteiger partial charge is 0.358 e. The highest BCUT2D eigenvalue weighted by atomic mass is 35.5. The number of nitrogens with zero attached hydrogens (tertiary/aromatic N) is 7. The Hall–Kier alpha value is -2.64. The van der Waals surface area contributed by atoms with Crippen LogP contribution in [0.15, 0.2) is 21.8 Å². The lowest BCUT2D eigenvalue weighted by atomic mass is 9.88. The zero-order valence-electron chi connectivity index (χ0n) is 28.4. The van der Waals surface area contributed by atoms with Gasteiger partial charge in [0.05, 0.1) is 18.7 Å². The van der Waals surface area contributed by atoms with Gasteiger partial charge in [0.15, 0.2) is 5.13 Å². The van der Waals surface area contributed by atoms with Gasteiger partial charge in [-0.2, -0.15) is 0 Å². The Balaban J connectivity index is 0.00000338. The summed E-state index contributed by atoms with van der Waals surface area (Å²) < 4.78 is 13.5. The molecule has 20 heteroatoms. The number of likely N-dealkylation sites (N-methyl/N-ethyl adjacent to an activating group) is 1. The Labute approximate surface area is 316 Å². The molecular weight excluding hydrogens is 749 g/mol. The quantitative estimate of drug-likeness (QED) is 0.116. The van der Waals surface area contributed by atoms with Crippen molar-refractivity contribution in [3.05, 3.63) is 22.3 Å². The number of thioether (sulfide) groups is 2. The predicted molar refractivity (Wildman–Crippen MR) is 196 cm³/mol. The fourth-order valence-corrected chi connectivity index (χ4v) is 8.71. The molecule has 278 valence electrons. The number of halogens is 2. The second-order valence-electron chi connectivity index (χ2n) is 12.8. The number of esters is 2. The van der Waals surface area contributed by atoms with Crippen LogP contribution >= 0.6 is 59.7 Å². The molecule has 3 atom stereocenters. The molecule has 1 saturated heterocycles. The van der Waals surface area contributed by atoms with E-state index in [9.17, 15) is 19.2 Å². The molecule has 2 aliphatic heterocycles. The molecule has 5 rings (SSSR count). The molecule has 15 nitrogen and oxygen atoms in total. The van der Waals surface area contributed by atoms with E-state index in [4.69, 9.17) is 15.2 Å². The minimum atomic E-state index is -1.06. The zero-order valence-corrected chi connectivity index (χ0v) is 32.5. The number of nitrogen functional groups attached to an aromatic ring is 1. The van der Waals surface area contributed by atoms with Gasteiger partial charge in [0.25, 0.3) is 12.2 Å². The second-order valence-corrected chi connectivity index (χ2v) is 15.7. The van der Waals surface area contributed by atoms with Crippen LogP contribution in [0.1, 0.15) is 58.1 Å². The van der Waals surface area contributed by atoms with E-state index in [1.165, 1.54) is 39.8 Å². The number of rotatable bonds is 15. The van der Waals surface area contributed by atoms with Crippen LogP contribution in [0.5, 0.6) is 0 Å². The fourth-order valence-electron chi connectivity index (χ4n) is 5.76. The summed E-state index contributed by atoms with van der Waals surface area (Å²) in [6.45, 7) is 5.16. The maximum absolute atomic E-state index is 14.1. The van der Waals surface area contributed by atoms with Crippen LogP contribution in [0.3, 0.4) is 0 Å². The number of carbonyl (C=O) groups excluding carboxylic acids is 4. The predicted octanol–water partition coefficient (Wildman–Crippen LogP) is 3.14. The van der Waals surface area contributed by atoms with E-state index in [0.29, 0.717) is 39.6 Å². The molecule has 1 saturated carbocycles. The summed E-state index contributed by atoms with van der Waals surface area (Å²) in [6, 6.07) is -0.827. The normalized spacial score (nSPS) is 19.6. The lowest BCUT2D eigenvalue weighted by Crippen LogP contribution is -2.70. The van der Waals surface area contributed by atoms with E-state index in [-0.39, 0.29) is 61.1 Å². The van der Waals surface area contributed by atoms with Crippen molar-refractivity contribution < 1.29 is 28.7 Å². The number of β-lactam (4-membered cyclic amide) rings is 1. The van der Waals surface area contributed by atoms with E-state index < -0.39 is 35.6 Å². The number of hydrogen-bond donors (Lipinski definition) is 2. The monoisotopic (exact) mass is 793 g/mol. The second kappa shape index (κ2) is 19.3. The van der Waals surface area contributed by atoms with Crippen LogP contribution in [0, 0.1) is 11.8 Å². The first-order valence-corrected chi connectivity index (χ1v) is 19.0. The van der Waals surface area contributed by atoms with Crippen molar-refractivity contribution in [2.45, 2.75) is 88.2 Å². The van der Waals surface area contributed by atoms with Gasteiger partial charge in [0, 0.05) is 35.8 Å². The largest absolute Gasteiger partial charge is 0.425 e. The number of nitrogens with one attached hydrogen (secondary N) is 1. The van der Waals surface area contributed by atoms with E-state index >= 15 is 0 Å². The van der Waals surface area contributed by atoms with Crippen molar-refractivity contribution in [2.24, 2.45) is 11.8 Å². The molecular formula is C30H45Cl2N9O6S3. The Morgan fingerprint density at radius 3 is 2.56 bits per heavy atom. The lowest BCUT2D eigenvalue weighted by molar-refractivity contribution is -0.200. The van der Waals surface area contributed by atoms with Crippen molar-refractivity contribution in [3.8, 4) is 0 Å².